The van der Waals surface area contributed by atoms with Crippen LogP contribution in [0.5, 0.6) is 5.75 Å². The van der Waals surface area contributed by atoms with Gasteiger partial charge < -0.3 is 10.1 Å². The Morgan fingerprint density at radius 2 is 2.05 bits per heavy atom. The molecule has 1 aromatic heterocycles. The Bertz CT molecular complexity index is 614. The molecule has 3 nitrogen and oxygen atoms in total. The highest BCUT2D eigenvalue weighted by Crippen LogP contribution is 2.35. The summed E-state index contributed by atoms with van der Waals surface area (Å²) in [5, 5.41) is 5.12. The van der Waals surface area contributed by atoms with Gasteiger partial charge in [0.05, 0.1) is 6.04 Å². The topological polar surface area (TPSA) is 38.3 Å². The molecule has 4 heteroatoms. The summed E-state index contributed by atoms with van der Waals surface area (Å²) < 4.78 is 5.57. The molecule has 0 spiro atoms. The smallest absolute Gasteiger partial charge is 0.258 e. The fraction of sp³-hybridized carbons (Fsp3) is 0.389. The molecule has 0 aliphatic carbocycles. The standard InChI is InChI=1S/C18H23NO2S/c1-13-7-5-8-14(11-13)21-12-16(20)19-17(18(2,3)4)15-9-6-10-22-15/h5-11,17H,12H2,1-4H3,(H,19,20). The van der Waals surface area contributed by atoms with Crippen molar-refractivity contribution in [2.45, 2.75) is 33.7 Å². The fourth-order valence-electron chi connectivity index (χ4n) is 2.23. The third-order valence-electron chi connectivity index (χ3n) is 3.36. The summed E-state index contributed by atoms with van der Waals surface area (Å²) in [7, 11) is 0. The summed E-state index contributed by atoms with van der Waals surface area (Å²) in [6.45, 7) is 8.40. The number of ether oxygens (including phenoxy) is 1. The number of rotatable bonds is 5. The van der Waals surface area contributed by atoms with Crippen molar-refractivity contribution in [2.24, 2.45) is 5.41 Å². The van der Waals surface area contributed by atoms with E-state index in [-0.39, 0.29) is 24.0 Å². The molecule has 118 valence electrons. The van der Waals surface area contributed by atoms with Crippen molar-refractivity contribution in [1.82, 2.24) is 5.32 Å². The predicted octanol–water partition coefficient (Wildman–Crippen LogP) is 4.34. The first-order valence-corrected chi connectivity index (χ1v) is 8.26. The molecular weight excluding hydrogens is 294 g/mol. The lowest BCUT2D eigenvalue weighted by atomic mass is 9.86. The third-order valence-corrected chi connectivity index (χ3v) is 4.30. The van der Waals surface area contributed by atoms with E-state index in [1.54, 1.807) is 11.3 Å². The van der Waals surface area contributed by atoms with Crippen molar-refractivity contribution in [3.05, 3.63) is 52.2 Å². The maximum absolute atomic E-state index is 12.2. The molecule has 2 aromatic rings. The number of carbonyl (C=O) groups excluding carboxylic acids is 1. The molecule has 0 saturated carbocycles. The van der Waals surface area contributed by atoms with Crippen LogP contribution < -0.4 is 10.1 Å². The van der Waals surface area contributed by atoms with Gasteiger partial charge in [0.25, 0.3) is 5.91 Å². The molecule has 0 bridgehead atoms. The lowest BCUT2D eigenvalue weighted by Crippen LogP contribution is -2.38. The molecule has 0 saturated heterocycles. The number of benzene rings is 1. The zero-order valence-corrected chi connectivity index (χ0v) is 14.4. The Hall–Kier alpha value is -1.81. The van der Waals surface area contributed by atoms with Crippen LogP contribution in [0, 0.1) is 12.3 Å². The number of hydrogen-bond donors (Lipinski definition) is 1. The van der Waals surface area contributed by atoms with Gasteiger partial charge >= 0.3 is 0 Å². The van der Waals surface area contributed by atoms with Gasteiger partial charge in [-0.15, -0.1) is 11.3 Å². The second-order valence-electron chi connectivity index (χ2n) is 6.49. The van der Waals surface area contributed by atoms with Gasteiger partial charge in [-0.25, -0.2) is 0 Å². The van der Waals surface area contributed by atoms with Gasteiger partial charge in [0.1, 0.15) is 5.75 Å². The van der Waals surface area contributed by atoms with E-state index in [9.17, 15) is 4.79 Å². The Morgan fingerprint density at radius 1 is 1.27 bits per heavy atom. The lowest BCUT2D eigenvalue weighted by molar-refractivity contribution is -0.124. The molecule has 1 amide bonds. The van der Waals surface area contributed by atoms with Gasteiger partial charge in [-0.3, -0.25) is 4.79 Å². The molecule has 1 unspecified atom stereocenters. The second-order valence-corrected chi connectivity index (χ2v) is 7.47. The number of aryl methyl sites for hydroxylation is 1. The van der Waals surface area contributed by atoms with Crippen LogP contribution in [-0.2, 0) is 4.79 Å². The van der Waals surface area contributed by atoms with Crippen LogP contribution in [0.4, 0.5) is 0 Å². The summed E-state index contributed by atoms with van der Waals surface area (Å²) in [4.78, 5) is 13.4. The van der Waals surface area contributed by atoms with Gasteiger partial charge in [-0.1, -0.05) is 39.0 Å². The van der Waals surface area contributed by atoms with Crippen molar-refractivity contribution < 1.29 is 9.53 Å². The average molecular weight is 317 g/mol. The van der Waals surface area contributed by atoms with Crippen LogP contribution in [0.15, 0.2) is 41.8 Å². The monoisotopic (exact) mass is 317 g/mol. The van der Waals surface area contributed by atoms with Gasteiger partial charge in [0, 0.05) is 4.88 Å². The molecule has 1 N–H and O–H groups in total. The molecular formula is C18H23NO2S. The van der Waals surface area contributed by atoms with E-state index in [0.717, 1.165) is 16.2 Å². The number of carbonyl (C=O) groups is 1. The molecule has 1 aromatic carbocycles. The fourth-order valence-corrected chi connectivity index (χ4v) is 3.25. The number of thiophene rings is 1. The Balaban J connectivity index is 1.97. The predicted molar refractivity (Wildman–Crippen MR) is 91.3 cm³/mol. The molecule has 2 rings (SSSR count). The van der Waals surface area contributed by atoms with E-state index in [0.29, 0.717) is 0 Å². The number of nitrogens with one attached hydrogen (secondary N) is 1. The zero-order chi connectivity index (χ0) is 16.2. The van der Waals surface area contributed by atoms with E-state index in [1.165, 1.54) is 0 Å². The van der Waals surface area contributed by atoms with Crippen LogP contribution in [0.2, 0.25) is 0 Å². The first-order chi connectivity index (χ1) is 10.4. The minimum Gasteiger partial charge on any atom is -0.484 e. The van der Waals surface area contributed by atoms with E-state index in [2.05, 4.69) is 32.2 Å². The molecule has 0 aliphatic rings. The van der Waals surface area contributed by atoms with Gasteiger partial charge in [0.2, 0.25) is 0 Å². The summed E-state index contributed by atoms with van der Waals surface area (Å²) in [5.74, 6) is 0.619. The lowest BCUT2D eigenvalue weighted by Gasteiger charge is -2.30. The van der Waals surface area contributed by atoms with Crippen LogP contribution in [0.25, 0.3) is 0 Å². The highest BCUT2D eigenvalue weighted by atomic mass is 32.1. The molecule has 1 heterocycles. The van der Waals surface area contributed by atoms with E-state index < -0.39 is 0 Å². The van der Waals surface area contributed by atoms with Crippen LogP contribution in [-0.4, -0.2) is 12.5 Å². The molecule has 1 atom stereocenters. The van der Waals surface area contributed by atoms with Crippen LogP contribution in [0.1, 0.15) is 37.3 Å². The van der Waals surface area contributed by atoms with Crippen LogP contribution >= 0.6 is 11.3 Å². The van der Waals surface area contributed by atoms with Crippen molar-refractivity contribution in [2.75, 3.05) is 6.61 Å². The average Bonchev–Trinajstić information content (AvgIpc) is 2.95. The zero-order valence-electron chi connectivity index (χ0n) is 13.6. The van der Waals surface area contributed by atoms with Gasteiger partial charge in [-0.2, -0.15) is 0 Å². The highest BCUT2D eigenvalue weighted by Gasteiger charge is 2.28. The van der Waals surface area contributed by atoms with Gasteiger partial charge in [0.15, 0.2) is 6.61 Å². The van der Waals surface area contributed by atoms with E-state index in [4.69, 9.17) is 4.74 Å². The largest absolute Gasteiger partial charge is 0.484 e. The van der Waals surface area contributed by atoms with Gasteiger partial charge in [-0.05, 0) is 41.5 Å². The first-order valence-electron chi connectivity index (χ1n) is 7.38. The summed E-state index contributed by atoms with van der Waals surface area (Å²) in [6.07, 6.45) is 0. The summed E-state index contributed by atoms with van der Waals surface area (Å²) >= 11 is 1.66. The second kappa shape index (κ2) is 6.97. The molecule has 0 radical (unpaired) electrons. The van der Waals surface area contributed by atoms with Crippen LogP contribution in [0.3, 0.4) is 0 Å². The van der Waals surface area contributed by atoms with Crippen molar-refractivity contribution in [3.8, 4) is 5.75 Å². The molecule has 22 heavy (non-hydrogen) atoms. The minimum absolute atomic E-state index is 0.0129. The minimum atomic E-state index is -0.102. The Morgan fingerprint density at radius 3 is 2.64 bits per heavy atom. The third kappa shape index (κ3) is 4.60. The molecule has 0 aliphatic heterocycles. The Kier molecular flexibility index (Phi) is 5.24. The van der Waals surface area contributed by atoms with Crippen molar-refractivity contribution in [3.63, 3.8) is 0 Å². The normalized spacial score (nSPS) is 12.7. The number of amides is 1. The summed E-state index contributed by atoms with van der Waals surface area (Å²) in [5.41, 5.74) is 1.06. The van der Waals surface area contributed by atoms with E-state index in [1.807, 2.05) is 42.6 Å². The quantitative estimate of drug-likeness (QED) is 0.891. The first kappa shape index (κ1) is 16.6. The summed E-state index contributed by atoms with van der Waals surface area (Å²) in [6, 6.07) is 11.8. The SMILES string of the molecule is Cc1cccc(OCC(=O)NC(c2cccs2)C(C)(C)C)c1. The number of hydrogen-bond acceptors (Lipinski definition) is 3. The van der Waals surface area contributed by atoms with Crippen molar-refractivity contribution in [1.29, 1.82) is 0 Å². The van der Waals surface area contributed by atoms with E-state index >= 15 is 0 Å². The van der Waals surface area contributed by atoms with Crippen molar-refractivity contribution >= 4 is 17.2 Å². The maximum Gasteiger partial charge on any atom is 0.258 e. The Labute approximate surface area is 136 Å². The maximum atomic E-state index is 12.2. The highest BCUT2D eigenvalue weighted by molar-refractivity contribution is 7.10. The molecule has 0 fully saturated rings.